The average Bonchev–Trinajstić information content (AvgIpc) is 2.71. The number of benzene rings is 2. The predicted octanol–water partition coefficient (Wildman–Crippen LogP) is 3.69. The van der Waals surface area contributed by atoms with Gasteiger partial charge in [0.15, 0.2) is 0 Å². The summed E-state index contributed by atoms with van der Waals surface area (Å²) in [5.41, 5.74) is 8.19. The third-order valence-corrected chi connectivity index (χ3v) is 5.17. The zero-order valence-electron chi connectivity index (χ0n) is 16.4. The number of hydrogen-bond donors (Lipinski definition) is 1. The van der Waals surface area contributed by atoms with Crippen molar-refractivity contribution in [3.8, 4) is 5.75 Å². The van der Waals surface area contributed by atoms with Crippen molar-refractivity contribution < 1.29 is 14.3 Å². The van der Waals surface area contributed by atoms with E-state index in [0.717, 1.165) is 31.4 Å². The Labute approximate surface area is 166 Å². The van der Waals surface area contributed by atoms with Crippen LogP contribution in [0.25, 0.3) is 0 Å². The first-order chi connectivity index (χ1) is 13.5. The molecule has 1 unspecified atom stereocenters. The highest BCUT2D eigenvalue weighted by Gasteiger charge is 2.24. The van der Waals surface area contributed by atoms with Gasteiger partial charge in [-0.3, -0.25) is 9.59 Å². The number of amides is 2. The Morgan fingerprint density at radius 2 is 2.00 bits per heavy atom. The fourth-order valence-corrected chi connectivity index (χ4v) is 3.70. The smallest absolute Gasteiger partial charge is 0.253 e. The molecule has 5 heteroatoms. The van der Waals surface area contributed by atoms with Gasteiger partial charge in [-0.05, 0) is 55.9 Å². The van der Waals surface area contributed by atoms with Crippen LogP contribution >= 0.6 is 0 Å². The highest BCUT2D eigenvalue weighted by Crippen LogP contribution is 2.24. The van der Waals surface area contributed by atoms with E-state index in [-0.39, 0.29) is 11.8 Å². The van der Waals surface area contributed by atoms with E-state index < -0.39 is 0 Å². The molecule has 5 nitrogen and oxygen atoms in total. The molecule has 3 rings (SSSR count). The third kappa shape index (κ3) is 5.59. The summed E-state index contributed by atoms with van der Waals surface area (Å²) in [6.45, 7) is 3.96. The van der Waals surface area contributed by atoms with E-state index in [1.807, 2.05) is 41.3 Å². The Hall–Kier alpha value is -2.82. The number of carbonyl (C=O) groups excluding carboxylic acids is 2. The monoisotopic (exact) mass is 380 g/mol. The molecule has 0 aliphatic carbocycles. The van der Waals surface area contributed by atoms with E-state index in [1.165, 1.54) is 5.56 Å². The maximum Gasteiger partial charge on any atom is 0.253 e. The van der Waals surface area contributed by atoms with Crippen molar-refractivity contribution in [2.75, 3.05) is 13.1 Å². The molecule has 2 N–H and O–H groups in total. The molecule has 1 aliphatic heterocycles. The van der Waals surface area contributed by atoms with Crippen LogP contribution in [0.4, 0.5) is 0 Å². The van der Waals surface area contributed by atoms with E-state index in [2.05, 4.69) is 19.1 Å². The van der Waals surface area contributed by atoms with Gasteiger partial charge in [-0.15, -0.1) is 0 Å². The SMILES string of the molecule is Cc1cccc(COc2cccc(C(=O)N3CCCC(CCC(N)=O)C3)c2)c1. The number of nitrogens with zero attached hydrogens (tertiary/aromatic N) is 1. The molecule has 0 saturated carbocycles. The molecular weight excluding hydrogens is 352 g/mol. The predicted molar refractivity (Wildman–Crippen MR) is 109 cm³/mol. The number of carbonyl (C=O) groups is 2. The van der Waals surface area contributed by atoms with Gasteiger partial charge in [-0.2, -0.15) is 0 Å². The van der Waals surface area contributed by atoms with Gasteiger partial charge < -0.3 is 15.4 Å². The molecule has 0 aromatic heterocycles. The zero-order chi connectivity index (χ0) is 19.9. The summed E-state index contributed by atoms with van der Waals surface area (Å²) in [5.74, 6) is 0.771. The van der Waals surface area contributed by atoms with Crippen LogP contribution in [-0.4, -0.2) is 29.8 Å². The van der Waals surface area contributed by atoms with Crippen LogP contribution in [0.3, 0.4) is 0 Å². The van der Waals surface area contributed by atoms with Gasteiger partial charge in [0.2, 0.25) is 5.91 Å². The fraction of sp³-hybridized carbons (Fsp3) is 0.391. The van der Waals surface area contributed by atoms with Crippen LogP contribution < -0.4 is 10.5 Å². The van der Waals surface area contributed by atoms with Gasteiger partial charge in [0.25, 0.3) is 5.91 Å². The molecule has 2 aromatic rings. The molecule has 1 heterocycles. The van der Waals surface area contributed by atoms with Gasteiger partial charge in [0, 0.05) is 25.1 Å². The van der Waals surface area contributed by atoms with Crippen LogP contribution in [0, 0.1) is 12.8 Å². The van der Waals surface area contributed by atoms with Crippen molar-refractivity contribution in [2.24, 2.45) is 11.7 Å². The molecule has 28 heavy (non-hydrogen) atoms. The lowest BCUT2D eigenvalue weighted by Gasteiger charge is -2.32. The molecule has 0 radical (unpaired) electrons. The molecule has 1 saturated heterocycles. The Balaban J connectivity index is 1.60. The highest BCUT2D eigenvalue weighted by molar-refractivity contribution is 5.94. The quantitative estimate of drug-likeness (QED) is 0.796. The molecule has 1 fully saturated rings. The van der Waals surface area contributed by atoms with E-state index in [0.29, 0.717) is 36.8 Å². The zero-order valence-corrected chi connectivity index (χ0v) is 16.4. The molecule has 2 aromatic carbocycles. The van der Waals surface area contributed by atoms with Crippen LogP contribution in [-0.2, 0) is 11.4 Å². The molecular formula is C23H28N2O3. The number of hydrogen-bond acceptors (Lipinski definition) is 3. The number of piperidine rings is 1. The molecule has 0 spiro atoms. The van der Waals surface area contributed by atoms with Crippen LogP contribution in [0.1, 0.15) is 47.2 Å². The number of ether oxygens (including phenoxy) is 1. The van der Waals surface area contributed by atoms with Crippen LogP contribution in [0.5, 0.6) is 5.75 Å². The minimum atomic E-state index is -0.276. The topological polar surface area (TPSA) is 72.6 Å². The average molecular weight is 380 g/mol. The summed E-state index contributed by atoms with van der Waals surface area (Å²) in [4.78, 5) is 25.8. The first-order valence-electron chi connectivity index (χ1n) is 9.87. The summed E-state index contributed by atoms with van der Waals surface area (Å²) in [6.07, 6.45) is 3.13. The van der Waals surface area contributed by atoms with Gasteiger partial charge in [0.05, 0.1) is 0 Å². The second-order valence-electron chi connectivity index (χ2n) is 7.57. The number of rotatable bonds is 7. The lowest BCUT2D eigenvalue weighted by molar-refractivity contribution is -0.118. The number of nitrogens with two attached hydrogens (primary N) is 1. The lowest BCUT2D eigenvalue weighted by Crippen LogP contribution is -2.40. The van der Waals surface area contributed by atoms with Gasteiger partial charge in [-0.1, -0.05) is 35.9 Å². The lowest BCUT2D eigenvalue weighted by atomic mass is 9.93. The number of likely N-dealkylation sites (tertiary alicyclic amines) is 1. The van der Waals surface area contributed by atoms with Gasteiger partial charge in [-0.25, -0.2) is 0 Å². The molecule has 1 atom stereocenters. The highest BCUT2D eigenvalue weighted by atomic mass is 16.5. The van der Waals surface area contributed by atoms with E-state index in [4.69, 9.17) is 10.5 Å². The Morgan fingerprint density at radius 3 is 2.79 bits per heavy atom. The van der Waals surface area contributed by atoms with Crippen LogP contribution in [0.2, 0.25) is 0 Å². The standard InChI is InChI=1S/C23H28N2O3/c1-17-5-2-6-19(13-17)16-28-21-9-3-8-20(14-21)23(27)25-12-4-7-18(15-25)10-11-22(24)26/h2-3,5-6,8-9,13-14,18H,4,7,10-12,15-16H2,1H3,(H2,24,26). The second kappa shape index (κ2) is 9.40. The van der Waals surface area contributed by atoms with Crippen molar-refractivity contribution in [2.45, 2.75) is 39.2 Å². The first kappa shape index (κ1) is 19.9. The summed E-state index contributed by atoms with van der Waals surface area (Å²) >= 11 is 0. The second-order valence-corrected chi connectivity index (χ2v) is 7.57. The summed E-state index contributed by atoms with van der Waals surface area (Å²) in [5, 5.41) is 0. The maximum atomic E-state index is 12.9. The third-order valence-electron chi connectivity index (χ3n) is 5.17. The van der Waals surface area contributed by atoms with Gasteiger partial charge in [0.1, 0.15) is 12.4 Å². The molecule has 0 bridgehead atoms. The summed E-state index contributed by atoms with van der Waals surface area (Å²) in [6, 6.07) is 15.6. The summed E-state index contributed by atoms with van der Waals surface area (Å²) in [7, 11) is 0. The fourth-order valence-electron chi connectivity index (χ4n) is 3.70. The van der Waals surface area contributed by atoms with E-state index in [9.17, 15) is 9.59 Å². The minimum Gasteiger partial charge on any atom is -0.489 e. The molecule has 148 valence electrons. The van der Waals surface area contributed by atoms with Crippen molar-refractivity contribution in [1.82, 2.24) is 4.90 Å². The van der Waals surface area contributed by atoms with Crippen molar-refractivity contribution in [1.29, 1.82) is 0 Å². The van der Waals surface area contributed by atoms with Gasteiger partial charge >= 0.3 is 0 Å². The molecule has 2 amide bonds. The first-order valence-corrected chi connectivity index (χ1v) is 9.87. The summed E-state index contributed by atoms with van der Waals surface area (Å²) < 4.78 is 5.89. The number of primary amides is 1. The minimum absolute atomic E-state index is 0.0183. The van der Waals surface area contributed by atoms with E-state index >= 15 is 0 Å². The Kier molecular flexibility index (Phi) is 6.69. The number of aryl methyl sites for hydroxylation is 1. The molecule has 1 aliphatic rings. The van der Waals surface area contributed by atoms with Crippen molar-refractivity contribution >= 4 is 11.8 Å². The Morgan fingerprint density at radius 1 is 1.18 bits per heavy atom. The van der Waals surface area contributed by atoms with Crippen molar-refractivity contribution in [3.05, 3.63) is 65.2 Å². The van der Waals surface area contributed by atoms with Crippen molar-refractivity contribution in [3.63, 3.8) is 0 Å². The van der Waals surface area contributed by atoms with Crippen LogP contribution in [0.15, 0.2) is 48.5 Å². The maximum absolute atomic E-state index is 12.9. The largest absolute Gasteiger partial charge is 0.489 e. The Bertz CT molecular complexity index is 834. The van der Waals surface area contributed by atoms with E-state index in [1.54, 1.807) is 0 Å². The normalized spacial score (nSPS) is 16.6.